The van der Waals surface area contributed by atoms with Crippen LogP contribution in [0.3, 0.4) is 0 Å². The van der Waals surface area contributed by atoms with Gasteiger partial charge in [0.2, 0.25) is 0 Å². The van der Waals surface area contributed by atoms with Crippen LogP contribution in [0.4, 0.5) is 5.69 Å². The van der Waals surface area contributed by atoms with Gasteiger partial charge in [-0.25, -0.2) is 4.98 Å². The van der Waals surface area contributed by atoms with Gasteiger partial charge in [-0.15, -0.1) is 0 Å². The molecule has 0 aliphatic rings. The van der Waals surface area contributed by atoms with E-state index in [1.807, 2.05) is 85.1 Å². The van der Waals surface area contributed by atoms with Crippen LogP contribution in [0.1, 0.15) is 16.1 Å². The number of nitrogens with one attached hydrogen (secondary N) is 2. The first-order valence-corrected chi connectivity index (χ1v) is 9.69. The van der Waals surface area contributed by atoms with E-state index >= 15 is 0 Å². The Bertz CT molecular complexity index is 1290. The summed E-state index contributed by atoms with van der Waals surface area (Å²) in [6.07, 6.45) is 1.81. The Kier molecular flexibility index (Phi) is 4.57. The Morgan fingerprint density at radius 3 is 2.53 bits per heavy atom. The van der Waals surface area contributed by atoms with Crippen LogP contribution in [0.15, 0.2) is 91.1 Å². The molecule has 0 aliphatic carbocycles. The minimum atomic E-state index is -0.259. The molecule has 30 heavy (non-hydrogen) atoms. The summed E-state index contributed by atoms with van der Waals surface area (Å²) in [6.45, 7) is 0.615. The number of nitrogens with zero attached hydrogens (tertiary/aromatic N) is 3. The summed E-state index contributed by atoms with van der Waals surface area (Å²) in [5, 5.41) is 7.39. The Morgan fingerprint density at radius 1 is 0.900 bits per heavy atom. The van der Waals surface area contributed by atoms with Gasteiger partial charge in [0.1, 0.15) is 5.82 Å². The number of para-hydroxylation sites is 3. The number of aromatic nitrogens is 4. The second-order valence-corrected chi connectivity index (χ2v) is 6.99. The van der Waals surface area contributed by atoms with Gasteiger partial charge < -0.3 is 10.3 Å². The van der Waals surface area contributed by atoms with Gasteiger partial charge in [-0.1, -0.05) is 54.6 Å². The summed E-state index contributed by atoms with van der Waals surface area (Å²) in [7, 11) is 0. The predicted octanol–water partition coefficient (Wildman–Crippen LogP) is 4.73. The lowest BCUT2D eigenvalue weighted by Gasteiger charge is -2.08. The zero-order chi connectivity index (χ0) is 20.3. The Morgan fingerprint density at radius 2 is 1.67 bits per heavy atom. The fourth-order valence-electron chi connectivity index (χ4n) is 3.41. The van der Waals surface area contributed by atoms with Crippen LogP contribution in [-0.4, -0.2) is 25.7 Å². The molecular weight excluding hydrogens is 374 g/mol. The molecule has 6 heteroatoms. The van der Waals surface area contributed by atoms with Crippen LogP contribution >= 0.6 is 0 Å². The number of imidazole rings is 1. The first kappa shape index (κ1) is 17.9. The van der Waals surface area contributed by atoms with E-state index in [1.54, 1.807) is 10.7 Å². The van der Waals surface area contributed by atoms with E-state index in [4.69, 9.17) is 0 Å². The number of fused-ring (bicyclic) bond motifs is 1. The van der Waals surface area contributed by atoms with Crippen molar-refractivity contribution >= 4 is 22.6 Å². The van der Waals surface area contributed by atoms with E-state index < -0.39 is 0 Å². The fourth-order valence-corrected chi connectivity index (χ4v) is 3.41. The normalized spacial score (nSPS) is 10.9. The summed E-state index contributed by atoms with van der Waals surface area (Å²) in [5.41, 5.74) is 4.83. The minimum absolute atomic E-state index is 0.259. The van der Waals surface area contributed by atoms with E-state index in [0.717, 1.165) is 22.2 Å². The third-order valence-electron chi connectivity index (χ3n) is 4.88. The molecule has 0 aliphatic heterocycles. The molecule has 1 amide bonds. The molecule has 2 N–H and O–H groups in total. The molecule has 0 unspecified atom stereocenters. The largest absolute Gasteiger partial charge is 0.338 e. The highest BCUT2D eigenvalue weighted by Crippen LogP contribution is 2.27. The van der Waals surface area contributed by atoms with Crippen molar-refractivity contribution in [2.45, 2.75) is 6.54 Å². The van der Waals surface area contributed by atoms with Crippen LogP contribution < -0.4 is 5.32 Å². The van der Waals surface area contributed by atoms with Crippen molar-refractivity contribution in [3.63, 3.8) is 0 Å². The SMILES string of the molecule is O=C(Nc1ccccc1-c1nc2ccccc2[nH]1)c1ccn(Cc2ccccc2)n1. The van der Waals surface area contributed by atoms with E-state index in [-0.39, 0.29) is 5.91 Å². The molecule has 0 bridgehead atoms. The maximum atomic E-state index is 12.8. The van der Waals surface area contributed by atoms with Crippen molar-refractivity contribution in [1.29, 1.82) is 0 Å². The summed E-state index contributed by atoms with van der Waals surface area (Å²) in [6, 6.07) is 27.2. The van der Waals surface area contributed by atoms with Crippen molar-refractivity contribution in [3.05, 3.63) is 102 Å². The smallest absolute Gasteiger partial charge is 0.276 e. The standard InChI is InChI=1S/C24H19N5O/c30-24(22-14-15-29(28-22)16-17-8-2-1-3-9-17)27-19-11-5-4-10-18(19)23-25-20-12-6-7-13-21(20)26-23/h1-15H,16H2,(H,25,26)(H,27,30). The maximum Gasteiger partial charge on any atom is 0.276 e. The molecule has 0 spiro atoms. The van der Waals surface area contributed by atoms with Gasteiger partial charge in [-0.05, 0) is 35.9 Å². The highest BCUT2D eigenvalue weighted by molar-refractivity contribution is 6.04. The zero-order valence-electron chi connectivity index (χ0n) is 16.1. The molecule has 3 aromatic carbocycles. The molecule has 5 rings (SSSR count). The first-order valence-electron chi connectivity index (χ1n) is 9.69. The van der Waals surface area contributed by atoms with Gasteiger partial charge in [0.25, 0.3) is 5.91 Å². The quantitative estimate of drug-likeness (QED) is 0.453. The van der Waals surface area contributed by atoms with Crippen LogP contribution in [0.2, 0.25) is 0 Å². The number of H-pyrrole nitrogens is 1. The lowest BCUT2D eigenvalue weighted by atomic mass is 10.1. The van der Waals surface area contributed by atoms with Crippen LogP contribution in [0.25, 0.3) is 22.4 Å². The summed E-state index contributed by atoms with van der Waals surface area (Å²) in [5.74, 6) is 0.451. The molecule has 0 radical (unpaired) electrons. The maximum absolute atomic E-state index is 12.8. The highest BCUT2D eigenvalue weighted by Gasteiger charge is 2.15. The fraction of sp³-hybridized carbons (Fsp3) is 0.0417. The highest BCUT2D eigenvalue weighted by atomic mass is 16.1. The average Bonchev–Trinajstić information content (AvgIpc) is 3.42. The van der Waals surface area contributed by atoms with Crippen molar-refractivity contribution in [1.82, 2.24) is 19.7 Å². The molecule has 6 nitrogen and oxygen atoms in total. The van der Waals surface area contributed by atoms with Gasteiger partial charge in [0.15, 0.2) is 5.69 Å². The molecule has 2 heterocycles. The van der Waals surface area contributed by atoms with Gasteiger partial charge >= 0.3 is 0 Å². The van der Waals surface area contributed by atoms with Crippen LogP contribution in [0, 0.1) is 0 Å². The number of amides is 1. The minimum Gasteiger partial charge on any atom is -0.338 e. The Labute approximate surface area is 173 Å². The monoisotopic (exact) mass is 393 g/mol. The molecule has 0 atom stereocenters. The number of hydrogen-bond donors (Lipinski definition) is 2. The van der Waals surface area contributed by atoms with E-state index in [2.05, 4.69) is 20.4 Å². The molecule has 0 saturated carbocycles. The van der Waals surface area contributed by atoms with Crippen molar-refractivity contribution in [2.75, 3.05) is 5.32 Å². The van der Waals surface area contributed by atoms with Gasteiger partial charge in [-0.3, -0.25) is 9.48 Å². The number of carbonyl (C=O) groups is 1. The Balaban J connectivity index is 1.38. The van der Waals surface area contributed by atoms with Crippen molar-refractivity contribution < 1.29 is 4.79 Å². The van der Waals surface area contributed by atoms with Crippen molar-refractivity contribution in [3.8, 4) is 11.4 Å². The zero-order valence-corrected chi connectivity index (χ0v) is 16.1. The number of hydrogen-bond acceptors (Lipinski definition) is 3. The molecule has 0 saturated heterocycles. The van der Waals surface area contributed by atoms with Crippen molar-refractivity contribution in [2.24, 2.45) is 0 Å². The van der Waals surface area contributed by atoms with Gasteiger partial charge in [-0.2, -0.15) is 5.10 Å². The number of aromatic amines is 1. The number of carbonyl (C=O) groups excluding carboxylic acids is 1. The third kappa shape index (κ3) is 3.58. The number of anilines is 1. The molecule has 0 fully saturated rings. The lowest BCUT2D eigenvalue weighted by Crippen LogP contribution is -2.14. The summed E-state index contributed by atoms with van der Waals surface area (Å²) in [4.78, 5) is 20.8. The molecule has 5 aromatic rings. The topological polar surface area (TPSA) is 75.6 Å². The first-order chi connectivity index (χ1) is 14.8. The molecule has 146 valence electrons. The third-order valence-corrected chi connectivity index (χ3v) is 4.88. The Hall–Kier alpha value is -4.19. The second kappa shape index (κ2) is 7.67. The van der Waals surface area contributed by atoms with Crippen LogP contribution in [-0.2, 0) is 6.54 Å². The van der Waals surface area contributed by atoms with E-state index in [0.29, 0.717) is 23.8 Å². The predicted molar refractivity (Wildman–Crippen MR) is 117 cm³/mol. The molecular formula is C24H19N5O. The van der Waals surface area contributed by atoms with Crippen LogP contribution in [0.5, 0.6) is 0 Å². The lowest BCUT2D eigenvalue weighted by molar-refractivity contribution is 0.102. The van der Waals surface area contributed by atoms with Gasteiger partial charge in [0, 0.05) is 11.8 Å². The van der Waals surface area contributed by atoms with Gasteiger partial charge in [0.05, 0.1) is 23.3 Å². The second-order valence-electron chi connectivity index (χ2n) is 6.99. The summed E-state index contributed by atoms with van der Waals surface area (Å²) < 4.78 is 1.76. The number of benzene rings is 3. The van der Waals surface area contributed by atoms with E-state index in [1.165, 1.54) is 0 Å². The van der Waals surface area contributed by atoms with E-state index in [9.17, 15) is 4.79 Å². The average molecular weight is 393 g/mol. The molecule has 2 aromatic heterocycles. The summed E-state index contributed by atoms with van der Waals surface area (Å²) >= 11 is 0. The number of rotatable bonds is 5.